The SMILES string of the molecule is O=C(ON1C(=O)c2ccccc2C1=O)c1cc(S(=O)(=O)Nc2ccccc2)ccc1Cl. The Morgan fingerprint density at radius 1 is 0.871 bits per heavy atom. The second-order valence-electron chi connectivity index (χ2n) is 6.44. The highest BCUT2D eigenvalue weighted by molar-refractivity contribution is 7.92. The van der Waals surface area contributed by atoms with Crippen molar-refractivity contribution in [2.45, 2.75) is 4.90 Å². The van der Waals surface area contributed by atoms with E-state index in [1.54, 1.807) is 42.5 Å². The van der Waals surface area contributed by atoms with Gasteiger partial charge in [0.2, 0.25) is 0 Å². The largest absolute Gasteiger partial charge is 0.365 e. The van der Waals surface area contributed by atoms with Gasteiger partial charge in [-0.2, -0.15) is 0 Å². The molecule has 31 heavy (non-hydrogen) atoms. The first-order chi connectivity index (χ1) is 14.8. The summed E-state index contributed by atoms with van der Waals surface area (Å²) in [6.45, 7) is 0. The Labute approximate surface area is 182 Å². The van der Waals surface area contributed by atoms with Crippen LogP contribution >= 0.6 is 11.6 Å². The molecule has 0 unspecified atom stereocenters. The zero-order chi connectivity index (χ0) is 22.2. The van der Waals surface area contributed by atoms with Gasteiger partial charge in [-0.05, 0) is 42.5 Å². The lowest BCUT2D eigenvalue weighted by molar-refractivity contribution is -0.0584. The molecule has 1 aliphatic heterocycles. The van der Waals surface area contributed by atoms with Crippen molar-refractivity contribution in [1.29, 1.82) is 0 Å². The van der Waals surface area contributed by atoms with Gasteiger partial charge in [0, 0.05) is 5.69 Å². The number of halogens is 1. The van der Waals surface area contributed by atoms with Crippen molar-refractivity contribution >= 4 is 45.1 Å². The van der Waals surface area contributed by atoms with Gasteiger partial charge in [-0.3, -0.25) is 14.3 Å². The van der Waals surface area contributed by atoms with E-state index >= 15 is 0 Å². The molecular weight excluding hydrogens is 444 g/mol. The van der Waals surface area contributed by atoms with Gasteiger partial charge >= 0.3 is 5.97 Å². The summed E-state index contributed by atoms with van der Waals surface area (Å²) < 4.78 is 27.7. The summed E-state index contributed by atoms with van der Waals surface area (Å²) in [5, 5.41) is 0.215. The molecular formula is C21H13ClN2O6S. The average molecular weight is 457 g/mol. The molecule has 1 aliphatic rings. The second-order valence-corrected chi connectivity index (χ2v) is 8.53. The van der Waals surface area contributed by atoms with Crippen molar-refractivity contribution in [1.82, 2.24) is 5.06 Å². The fourth-order valence-corrected chi connectivity index (χ4v) is 4.21. The molecule has 0 fully saturated rings. The van der Waals surface area contributed by atoms with Gasteiger partial charge in [-0.1, -0.05) is 47.0 Å². The molecule has 0 saturated carbocycles. The summed E-state index contributed by atoms with van der Waals surface area (Å²) >= 11 is 6.04. The minimum Gasteiger partial charge on any atom is -0.324 e. The van der Waals surface area contributed by atoms with Gasteiger partial charge < -0.3 is 4.84 Å². The van der Waals surface area contributed by atoms with E-state index in [1.807, 2.05) is 0 Å². The molecule has 0 spiro atoms. The van der Waals surface area contributed by atoms with Crippen LogP contribution in [0, 0.1) is 0 Å². The van der Waals surface area contributed by atoms with Crippen molar-refractivity contribution < 1.29 is 27.6 Å². The zero-order valence-electron chi connectivity index (χ0n) is 15.6. The van der Waals surface area contributed by atoms with Crippen molar-refractivity contribution in [3.8, 4) is 0 Å². The van der Waals surface area contributed by atoms with Crippen LogP contribution in [0.15, 0.2) is 77.7 Å². The fraction of sp³-hybridized carbons (Fsp3) is 0. The zero-order valence-corrected chi connectivity index (χ0v) is 17.2. The maximum Gasteiger partial charge on any atom is 0.365 e. The van der Waals surface area contributed by atoms with Gasteiger partial charge in [-0.15, -0.1) is 0 Å². The standard InChI is InChI=1S/C21H13ClN2O6S/c22-18-11-10-14(31(28,29)23-13-6-2-1-3-7-13)12-17(18)21(27)30-24-19(25)15-8-4-5-9-16(15)20(24)26/h1-12,23H. The molecule has 1 N–H and O–H groups in total. The predicted octanol–water partition coefficient (Wildman–Crippen LogP) is 3.51. The highest BCUT2D eigenvalue weighted by Crippen LogP contribution is 2.26. The molecule has 0 atom stereocenters. The van der Waals surface area contributed by atoms with Crippen molar-refractivity contribution in [2.24, 2.45) is 0 Å². The first-order valence-electron chi connectivity index (χ1n) is 8.85. The number of nitrogens with one attached hydrogen (secondary N) is 1. The number of carbonyl (C=O) groups excluding carboxylic acids is 3. The van der Waals surface area contributed by atoms with Crippen LogP contribution in [0.25, 0.3) is 0 Å². The molecule has 156 valence electrons. The fourth-order valence-electron chi connectivity index (χ4n) is 2.93. The lowest BCUT2D eigenvalue weighted by Gasteiger charge is -2.14. The van der Waals surface area contributed by atoms with Gasteiger partial charge in [0.25, 0.3) is 21.8 Å². The van der Waals surface area contributed by atoms with E-state index in [-0.39, 0.29) is 26.6 Å². The van der Waals surface area contributed by atoms with Crippen LogP contribution in [0.4, 0.5) is 5.69 Å². The van der Waals surface area contributed by atoms with Crippen LogP contribution in [0.5, 0.6) is 0 Å². The van der Waals surface area contributed by atoms with E-state index in [9.17, 15) is 22.8 Å². The van der Waals surface area contributed by atoms with Gasteiger partial charge in [-0.25, -0.2) is 13.2 Å². The summed E-state index contributed by atoms with van der Waals surface area (Å²) in [4.78, 5) is 42.1. The number of amides is 2. The molecule has 2 amide bonds. The van der Waals surface area contributed by atoms with E-state index < -0.39 is 27.8 Å². The number of fused-ring (bicyclic) bond motifs is 1. The van der Waals surface area contributed by atoms with E-state index in [4.69, 9.17) is 16.4 Å². The topological polar surface area (TPSA) is 110 Å². The molecule has 3 aromatic rings. The first kappa shape index (κ1) is 20.6. The molecule has 8 nitrogen and oxygen atoms in total. The van der Waals surface area contributed by atoms with Gasteiger partial charge in [0.05, 0.1) is 26.6 Å². The Morgan fingerprint density at radius 2 is 1.45 bits per heavy atom. The number of benzene rings is 3. The number of hydrogen-bond acceptors (Lipinski definition) is 6. The highest BCUT2D eigenvalue weighted by atomic mass is 35.5. The number of rotatable bonds is 5. The Bertz CT molecular complexity index is 1290. The van der Waals surface area contributed by atoms with Crippen LogP contribution in [0.1, 0.15) is 31.1 Å². The number of nitrogens with zero attached hydrogens (tertiary/aromatic N) is 1. The lowest BCUT2D eigenvalue weighted by atomic mass is 10.1. The van der Waals surface area contributed by atoms with E-state index in [2.05, 4.69) is 4.72 Å². The van der Waals surface area contributed by atoms with Crippen LogP contribution < -0.4 is 4.72 Å². The Balaban J connectivity index is 1.60. The number of sulfonamides is 1. The lowest BCUT2D eigenvalue weighted by Crippen LogP contribution is -2.32. The summed E-state index contributed by atoms with van der Waals surface area (Å²) in [6, 6.07) is 17.6. The van der Waals surface area contributed by atoms with Crippen molar-refractivity contribution in [2.75, 3.05) is 4.72 Å². The molecule has 0 radical (unpaired) electrons. The summed E-state index contributed by atoms with van der Waals surface area (Å²) in [5.74, 6) is -2.77. The third-order valence-corrected chi connectivity index (χ3v) is 6.13. The Hall–Kier alpha value is -3.69. The number of anilines is 1. The molecule has 0 bridgehead atoms. The third-order valence-electron chi connectivity index (χ3n) is 4.43. The number of hydrogen-bond donors (Lipinski definition) is 1. The van der Waals surface area contributed by atoms with Crippen LogP contribution in [0.3, 0.4) is 0 Å². The number of para-hydroxylation sites is 1. The highest BCUT2D eigenvalue weighted by Gasteiger charge is 2.39. The number of imide groups is 1. The molecule has 10 heteroatoms. The third kappa shape index (κ3) is 3.88. The predicted molar refractivity (Wildman–Crippen MR) is 111 cm³/mol. The van der Waals surface area contributed by atoms with Crippen LogP contribution in [-0.2, 0) is 14.9 Å². The Kier molecular flexibility index (Phi) is 5.22. The maximum atomic E-state index is 12.7. The monoisotopic (exact) mass is 456 g/mol. The summed E-state index contributed by atoms with van der Waals surface area (Å²) in [7, 11) is -4.04. The quantitative estimate of drug-likeness (QED) is 0.588. The number of hydroxylamine groups is 2. The van der Waals surface area contributed by atoms with Crippen molar-refractivity contribution in [3.05, 3.63) is 94.5 Å². The molecule has 0 aromatic heterocycles. The Morgan fingerprint density at radius 3 is 2.06 bits per heavy atom. The minimum atomic E-state index is -4.04. The molecule has 0 saturated heterocycles. The minimum absolute atomic E-state index is 0.0924. The smallest absolute Gasteiger partial charge is 0.324 e. The van der Waals surface area contributed by atoms with E-state index in [0.29, 0.717) is 10.8 Å². The normalized spacial score (nSPS) is 13.1. The summed E-state index contributed by atoms with van der Waals surface area (Å²) in [5.41, 5.74) is 0.186. The molecule has 3 aromatic carbocycles. The van der Waals surface area contributed by atoms with Gasteiger partial charge in [0.15, 0.2) is 0 Å². The van der Waals surface area contributed by atoms with Crippen LogP contribution in [-0.4, -0.2) is 31.3 Å². The molecule has 1 heterocycles. The van der Waals surface area contributed by atoms with E-state index in [0.717, 1.165) is 6.07 Å². The van der Waals surface area contributed by atoms with Crippen molar-refractivity contribution in [3.63, 3.8) is 0 Å². The first-order valence-corrected chi connectivity index (χ1v) is 10.7. The average Bonchev–Trinajstić information content (AvgIpc) is 2.99. The molecule has 0 aliphatic carbocycles. The summed E-state index contributed by atoms with van der Waals surface area (Å²) in [6.07, 6.45) is 0. The second kappa shape index (κ2) is 7.86. The maximum absolute atomic E-state index is 12.7. The number of carbonyl (C=O) groups is 3. The van der Waals surface area contributed by atoms with E-state index in [1.165, 1.54) is 24.3 Å². The van der Waals surface area contributed by atoms with Crippen LogP contribution in [0.2, 0.25) is 5.02 Å². The van der Waals surface area contributed by atoms with Gasteiger partial charge in [0.1, 0.15) is 0 Å². The molecule has 4 rings (SSSR count).